The fourth-order valence-corrected chi connectivity index (χ4v) is 1.33. The molecule has 0 bridgehead atoms. The minimum Gasteiger partial charge on any atom is -0.380 e. The first kappa shape index (κ1) is 8.87. The minimum atomic E-state index is -2.23. The molecule has 0 aromatic carbocycles. The van der Waals surface area contributed by atoms with E-state index in [9.17, 15) is 8.78 Å². The van der Waals surface area contributed by atoms with Gasteiger partial charge in [-0.1, -0.05) is 0 Å². The van der Waals surface area contributed by atoms with Gasteiger partial charge in [0.05, 0.1) is 6.61 Å². The van der Waals surface area contributed by atoms with E-state index in [0.29, 0.717) is 19.6 Å². The van der Waals surface area contributed by atoms with Crippen LogP contribution in [0, 0.1) is 5.92 Å². The van der Waals surface area contributed by atoms with Crippen LogP contribution in [0.15, 0.2) is 0 Å². The third-order valence-electron chi connectivity index (χ3n) is 2.03. The number of nitrogens with two attached hydrogens (primary N) is 1. The molecule has 1 rings (SSSR count). The molecule has 2 N–H and O–H groups in total. The highest BCUT2D eigenvalue weighted by Gasteiger charge is 2.25. The summed E-state index contributed by atoms with van der Waals surface area (Å²) in [5, 5.41) is 0. The minimum absolute atomic E-state index is 0.0521. The van der Waals surface area contributed by atoms with Crippen molar-refractivity contribution in [3.8, 4) is 0 Å². The van der Waals surface area contributed by atoms with Crippen molar-refractivity contribution in [2.24, 2.45) is 11.7 Å². The zero-order chi connectivity index (χ0) is 8.27. The molecule has 1 heterocycles. The number of hydrogen-bond acceptors (Lipinski definition) is 2. The van der Waals surface area contributed by atoms with Gasteiger partial charge in [-0.15, -0.1) is 0 Å². The topological polar surface area (TPSA) is 35.2 Å². The van der Waals surface area contributed by atoms with Crippen molar-refractivity contribution in [2.45, 2.75) is 25.3 Å². The normalized spacial score (nSPS) is 32.7. The molecule has 0 radical (unpaired) electrons. The summed E-state index contributed by atoms with van der Waals surface area (Å²) < 4.78 is 28.8. The summed E-state index contributed by atoms with van der Waals surface area (Å²) >= 11 is 0. The molecular formula is C7H13F2NO. The molecule has 0 aromatic rings. The first-order chi connectivity index (χ1) is 5.20. The SMILES string of the molecule is NC1COCCC1CC(F)F. The summed E-state index contributed by atoms with van der Waals surface area (Å²) in [5.41, 5.74) is 5.57. The molecule has 1 aliphatic heterocycles. The van der Waals surface area contributed by atoms with Gasteiger partial charge in [-0.25, -0.2) is 8.78 Å². The van der Waals surface area contributed by atoms with Crippen LogP contribution >= 0.6 is 0 Å². The fraction of sp³-hybridized carbons (Fsp3) is 1.00. The molecule has 1 aliphatic rings. The summed E-state index contributed by atoms with van der Waals surface area (Å²) in [6, 6.07) is -0.197. The lowest BCUT2D eigenvalue weighted by atomic mass is 9.92. The first-order valence-corrected chi connectivity index (χ1v) is 3.81. The van der Waals surface area contributed by atoms with Crippen LogP contribution in [0.5, 0.6) is 0 Å². The number of hydrogen-bond donors (Lipinski definition) is 1. The van der Waals surface area contributed by atoms with Crippen LogP contribution in [0.2, 0.25) is 0 Å². The second kappa shape index (κ2) is 3.97. The number of ether oxygens (including phenoxy) is 1. The fourth-order valence-electron chi connectivity index (χ4n) is 1.33. The molecule has 2 nitrogen and oxygen atoms in total. The van der Waals surface area contributed by atoms with Crippen molar-refractivity contribution in [3.05, 3.63) is 0 Å². The van der Waals surface area contributed by atoms with Crippen molar-refractivity contribution >= 4 is 0 Å². The summed E-state index contributed by atoms with van der Waals surface area (Å²) in [5.74, 6) is -0.0521. The largest absolute Gasteiger partial charge is 0.380 e. The third-order valence-corrected chi connectivity index (χ3v) is 2.03. The molecule has 11 heavy (non-hydrogen) atoms. The summed E-state index contributed by atoms with van der Waals surface area (Å²) in [7, 11) is 0. The van der Waals surface area contributed by atoms with Crippen LogP contribution < -0.4 is 5.73 Å². The summed E-state index contributed by atoms with van der Waals surface area (Å²) in [6.45, 7) is 1.00. The smallest absolute Gasteiger partial charge is 0.239 e. The van der Waals surface area contributed by atoms with E-state index >= 15 is 0 Å². The maximum atomic E-state index is 11.9. The Morgan fingerprint density at radius 3 is 2.82 bits per heavy atom. The molecule has 1 fully saturated rings. The average Bonchev–Trinajstić information content (AvgIpc) is 1.93. The Kier molecular flexibility index (Phi) is 3.20. The highest BCUT2D eigenvalue weighted by Crippen LogP contribution is 2.20. The molecule has 0 aliphatic carbocycles. The average molecular weight is 165 g/mol. The van der Waals surface area contributed by atoms with Crippen LogP contribution in [0.1, 0.15) is 12.8 Å². The number of alkyl halides is 2. The molecule has 0 spiro atoms. The predicted molar refractivity (Wildman–Crippen MR) is 37.5 cm³/mol. The van der Waals surface area contributed by atoms with Crippen LogP contribution in [-0.2, 0) is 4.74 Å². The predicted octanol–water partition coefficient (Wildman–Crippen LogP) is 1.01. The van der Waals surface area contributed by atoms with Crippen LogP contribution in [0.3, 0.4) is 0 Å². The second-order valence-electron chi connectivity index (χ2n) is 2.91. The van der Waals surface area contributed by atoms with Crippen LogP contribution in [0.4, 0.5) is 8.78 Å². The molecule has 4 heteroatoms. The maximum Gasteiger partial charge on any atom is 0.239 e. The van der Waals surface area contributed by atoms with Crippen molar-refractivity contribution in [2.75, 3.05) is 13.2 Å². The Balaban J connectivity index is 2.29. The maximum absolute atomic E-state index is 11.9. The van der Waals surface area contributed by atoms with Gasteiger partial charge in [-0.05, 0) is 12.3 Å². The lowest BCUT2D eigenvalue weighted by Crippen LogP contribution is -2.40. The second-order valence-corrected chi connectivity index (χ2v) is 2.91. The van der Waals surface area contributed by atoms with Gasteiger partial charge in [-0.3, -0.25) is 0 Å². The van der Waals surface area contributed by atoms with Crippen molar-refractivity contribution in [3.63, 3.8) is 0 Å². The first-order valence-electron chi connectivity index (χ1n) is 3.81. The Hall–Kier alpha value is -0.220. The number of rotatable bonds is 2. The van der Waals surface area contributed by atoms with E-state index < -0.39 is 6.43 Å². The van der Waals surface area contributed by atoms with Crippen molar-refractivity contribution < 1.29 is 13.5 Å². The van der Waals surface area contributed by atoms with E-state index in [2.05, 4.69) is 0 Å². The third kappa shape index (κ3) is 2.71. The Labute approximate surface area is 64.7 Å². The Morgan fingerprint density at radius 1 is 1.55 bits per heavy atom. The monoisotopic (exact) mass is 165 g/mol. The molecule has 2 unspecified atom stereocenters. The van der Waals surface area contributed by atoms with Crippen molar-refractivity contribution in [1.82, 2.24) is 0 Å². The lowest BCUT2D eigenvalue weighted by molar-refractivity contribution is 0.0208. The van der Waals surface area contributed by atoms with Gasteiger partial charge in [0, 0.05) is 19.1 Å². The molecule has 2 atom stereocenters. The van der Waals surface area contributed by atoms with Crippen LogP contribution in [0.25, 0.3) is 0 Å². The molecule has 0 amide bonds. The van der Waals surface area contributed by atoms with Gasteiger partial charge in [-0.2, -0.15) is 0 Å². The van der Waals surface area contributed by atoms with Crippen LogP contribution in [-0.4, -0.2) is 25.7 Å². The van der Waals surface area contributed by atoms with E-state index in [1.54, 1.807) is 0 Å². The van der Waals surface area contributed by atoms with Gasteiger partial charge >= 0.3 is 0 Å². The van der Waals surface area contributed by atoms with Gasteiger partial charge < -0.3 is 10.5 Å². The molecule has 0 aromatic heterocycles. The van der Waals surface area contributed by atoms with E-state index in [1.807, 2.05) is 0 Å². The van der Waals surface area contributed by atoms with Crippen molar-refractivity contribution in [1.29, 1.82) is 0 Å². The van der Waals surface area contributed by atoms with Gasteiger partial charge in [0.2, 0.25) is 6.43 Å². The van der Waals surface area contributed by atoms with E-state index in [4.69, 9.17) is 10.5 Å². The van der Waals surface area contributed by atoms with E-state index in [-0.39, 0.29) is 18.4 Å². The Bertz CT molecular complexity index is 121. The lowest BCUT2D eigenvalue weighted by Gasteiger charge is -2.28. The zero-order valence-corrected chi connectivity index (χ0v) is 6.30. The highest BCUT2D eigenvalue weighted by molar-refractivity contribution is 4.76. The van der Waals surface area contributed by atoms with Gasteiger partial charge in [0.15, 0.2) is 0 Å². The van der Waals surface area contributed by atoms with Gasteiger partial charge in [0.1, 0.15) is 0 Å². The number of halogens is 2. The summed E-state index contributed by atoms with van der Waals surface area (Å²) in [6.07, 6.45) is -1.64. The highest BCUT2D eigenvalue weighted by atomic mass is 19.3. The molecule has 0 saturated carbocycles. The van der Waals surface area contributed by atoms with Gasteiger partial charge in [0.25, 0.3) is 0 Å². The molecular weight excluding hydrogens is 152 g/mol. The zero-order valence-electron chi connectivity index (χ0n) is 6.30. The quantitative estimate of drug-likeness (QED) is 0.662. The molecule has 66 valence electrons. The van der Waals surface area contributed by atoms with E-state index in [1.165, 1.54) is 0 Å². The molecule has 1 saturated heterocycles. The summed E-state index contributed by atoms with van der Waals surface area (Å²) in [4.78, 5) is 0. The Morgan fingerprint density at radius 2 is 2.27 bits per heavy atom. The van der Waals surface area contributed by atoms with E-state index in [0.717, 1.165) is 0 Å². The standard InChI is InChI=1S/C7H13F2NO/c8-7(9)3-5-1-2-11-4-6(5)10/h5-7H,1-4,10H2.